The number of hydrogen-bond acceptors (Lipinski definition) is 0. The summed E-state index contributed by atoms with van der Waals surface area (Å²) in [5, 5.41) is 0. The highest BCUT2D eigenvalue weighted by Gasteiger charge is 2.41. The molecule has 0 saturated heterocycles. The summed E-state index contributed by atoms with van der Waals surface area (Å²) in [6.45, 7) is 1.21. The summed E-state index contributed by atoms with van der Waals surface area (Å²) in [4.78, 5) is 0. The monoisotopic (exact) mass is 328 g/mol. The van der Waals surface area contributed by atoms with Gasteiger partial charge in [-0.3, -0.25) is 0 Å². The number of rotatable bonds is 1. The fourth-order valence-corrected chi connectivity index (χ4v) is 2.10. The second-order valence-corrected chi connectivity index (χ2v) is 4.77. The molecule has 0 radical (unpaired) electrons. The number of allylic oxidation sites excluding steroid dienone is 4. The van der Waals surface area contributed by atoms with Gasteiger partial charge in [0.15, 0.2) is 24.0 Å². The van der Waals surface area contributed by atoms with E-state index in [0.29, 0.717) is 12.1 Å². The standard InChI is InChI=1S/C14H8F8/c1-5-2-6(4-7(3-5)14(20,21)22)8-9(15)11(17)13(19)12(18)10(8)16/h2-4,11,13H,1H3. The van der Waals surface area contributed by atoms with Crippen LogP contribution in [-0.2, 0) is 6.18 Å². The van der Waals surface area contributed by atoms with E-state index in [9.17, 15) is 35.1 Å². The van der Waals surface area contributed by atoms with E-state index in [4.69, 9.17) is 0 Å². The molecule has 1 aliphatic carbocycles. The lowest BCUT2D eigenvalue weighted by Crippen LogP contribution is -2.24. The van der Waals surface area contributed by atoms with Gasteiger partial charge in [0.05, 0.1) is 11.1 Å². The molecular weight excluding hydrogens is 320 g/mol. The van der Waals surface area contributed by atoms with Gasteiger partial charge in [-0.1, -0.05) is 6.07 Å². The van der Waals surface area contributed by atoms with Crippen LogP contribution in [0.1, 0.15) is 16.7 Å². The minimum absolute atomic E-state index is 0.0314. The maximum atomic E-state index is 13.7. The smallest absolute Gasteiger partial charge is 0.236 e. The number of hydrogen-bond donors (Lipinski definition) is 0. The minimum atomic E-state index is -4.82. The average molecular weight is 328 g/mol. The highest BCUT2D eigenvalue weighted by atomic mass is 19.4. The van der Waals surface area contributed by atoms with Crippen LogP contribution in [0.25, 0.3) is 5.57 Å². The molecule has 22 heavy (non-hydrogen) atoms. The molecule has 0 amide bonds. The molecule has 0 spiro atoms. The molecule has 120 valence electrons. The van der Waals surface area contributed by atoms with E-state index in [1.165, 1.54) is 6.92 Å². The van der Waals surface area contributed by atoms with E-state index < -0.39 is 52.7 Å². The van der Waals surface area contributed by atoms with Gasteiger partial charge in [-0.2, -0.15) is 13.2 Å². The fourth-order valence-electron chi connectivity index (χ4n) is 2.10. The summed E-state index contributed by atoms with van der Waals surface area (Å²) in [6, 6.07) is 1.97. The first-order valence-corrected chi connectivity index (χ1v) is 5.96. The zero-order chi connectivity index (χ0) is 16.8. The molecule has 0 N–H and O–H groups in total. The lowest BCUT2D eigenvalue weighted by Gasteiger charge is -2.21. The van der Waals surface area contributed by atoms with Gasteiger partial charge in [-0.15, -0.1) is 0 Å². The maximum absolute atomic E-state index is 13.7. The third-order valence-electron chi connectivity index (χ3n) is 3.10. The van der Waals surface area contributed by atoms with E-state index in [1.807, 2.05) is 0 Å². The quantitative estimate of drug-likeness (QED) is 0.594. The molecule has 2 unspecified atom stereocenters. The first-order chi connectivity index (χ1) is 10.0. The minimum Gasteiger partial charge on any atom is -0.236 e. The summed E-state index contributed by atoms with van der Waals surface area (Å²) in [5.74, 6) is -6.21. The summed E-state index contributed by atoms with van der Waals surface area (Å²) >= 11 is 0. The molecule has 1 aromatic carbocycles. The molecule has 0 nitrogen and oxygen atoms in total. The van der Waals surface area contributed by atoms with Crippen molar-refractivity contribution >= 4 is 5.57 Å². The third-order valence-corrected chi connectivity index (χ3v) is 3.10. The predicted molar refractivity (Wildman–Crippen MR) is 63.2 cm³/mol. The van der Waals surface area contributed by atoms with Gasteiger partial charge in [0.25, 0.3) is 0 Å². The SMILES string of the molecule is Cc1cc(C2=C(F)C(F)C(F)C(F)=C2F)cc(C(F)(F)F)c1. The summed E-state index contributed by atoms with van der Waals surface area (Å²) in [6.07, 6.45) is -11.1. The lowest BCUT2D eigenvalue weighted by atomic mass is 9.92. The van der Waals surface area contributed by atoms with Crippen molar-refractivity contribution in [1.82, 2.24) is 0 Å². The second-order valence-electron chi connectivity index (χ2n) is 4.77. The van der Waals surface area contributed by atoms with Crippen molar-refractivity contribution in [2.75, 3.05) is 0 Å². The van der Waals surface area contributed by atoms with E-state index in [2.05, 4.69) is 0 Å². The van der Waals surface area contributed by atoms with Crippen molar-refractivity contribution in [2.45, 2.75) is 25.4 Å². The van der Waals surface area contributed by atoms with Gasteiger partial charge in [0.1, 0.15) is 5.83 Å². The van der Waals surface area contributed by atoms with Crippen molar-refractivity contribution in [3.63, 3.8) is 0 Å². The Morgan fingerprint density at radius 3 is 1.95 bits per heavy atom. The third kappa shape index (κ3) is 2.74. The topological polar surface area (TPSA) is 0 Å². The largest absolute Gasteiger partial charge is 0.416 e. The Bertz CT molecular complexity index is 668. The molecule has 2 atom stereocenters. The van der Waals surface area contributed by atoms with Crippen LogP contribution < -0.4 is 0 Å². The molecule has 1 aliphatic rings. The number of alkyl halides is 5. The number of benzene rings is 1. The van der Waals surface area contributed by atoms with Crippen LogP contribution in [0.2, 0.25) is 0 Å². The Labute approximate surface area is 119 Å². The van der Waals surface area contributed by atoms with Crippen LogP contribution in [0.4, 0.5) is 35.1 Å². The van der Waals surface area contributed by atoms with Crippen molar-refractivity contribution < 1.29 is 35.1 Å². The van der Waals surface area contributed by atoms with Gasteiger partial charge >= 0.3 is 6.18 Å². The van der Waals surface area contributed by atoms with Crippen LogP contribution in [0.5, 0.6) is 0 Å². The fraction of sp³-hybridized carbons (Fsp3) is 0.286. The molecular formula is C14H8F8. The van der Waals surface area contributed by atoms with Crippen LogP contribution in [0, 0.1) is 6.92 Å². The Hall–Kier alpha value is -1.86. The molecule has 2 rings (SSSR count). The molecule has 0 aromatic heterocycles. The van der Waals surface area contributed by atoms with E-state index in [-0.39, 0.29) is 5.56 Å². The van der Waals surface area contributed by atoms with Gasteiger partial charge < -0.3 is 0 Å². The molecule has 0 fully saturated rings. The Morgan fingerprint density at radius 1 is 0.864 bits per heavy atom. The Kier molecular flexibility index (Phi) is 4.06. The molecule has 0 bridgehead atoms. The van der Waals surface area contributed by atoms with Crippen molar-refractivity contribution in [1.29, 1.82) is 0 Å². The van der Waals surface area contributed by atoms with Crippen LogP contribution in [0.3, 0.4) is 0 Å². The lowest BCUT2D eigenvalue weighted by molar-refractivity contribution is -0.137. The van der Waals surface area contributed by atoms with E-state index in [0.717, 1.165) is 6.07 Å². The van der Waals surface area contributed by atoms with Crippen molar-refractivity contribution in [3.8, 4) is 0 Å². The molecule has 8 heteroatoms. The van der Waals surface area contributed by atoms with E-state index >= 15 is 0 Å². The Balaban J connectivity index is 2.68. The van der Waals surface area contributed by atoms with Crippen LogP contribution >= 0.6 is 0 Å². The molecule has 0 heterocycles. The first-order valence-electron chi connectivity index (χ1n) is 5.96. The summed E-state index contributed by atoms with van der Waals surface area (Å²) in [7, 11) is 0. The number of halogens is 8. The molecule has 1 aromatic rings. The number of aryl methyl sites for hydroxylation is 1. The van der Waals surface area contributed by atoms with Crippen LogP contribution in [0.15, 0.2) is 35.7 Å². The normalized spacial score (nSPS) is 23.3. The van der Waals surface area contributed by atoms with Crippen molar-refractivity contribution in [3.05, 3.63) is 52.4 Å². The predicted octanol–water partition coefficient (Wildman–Crippen LogP) is 5.53. The summed E-state index contributed by atoms with van der Waals surface area (Å²) in [5.41, 5.74) is -3.33. The molecule has 0 saturated carbocycles. The van der Waals surface area contributed by atoms with Gasteiger partial charge in [0.2, 0.25) is 0 Å². The maximum Gasteiger partial charge on any atom is 0.416 e. The second kappa shape index (κ2) is 5.40. The molecule has 0 aliphatic heterocycles. The summed E-state index contributed by atoms with van der Waals surface area (Å²) < 4.78 is 105. The highest BCUT2D eigenvalue weighted by molar-refractivity contribution is 5.81. The Morgan fingerprint density at radius 2 is 1.41 bits per heavy atom. The zero-order valence-electron chi connectivity index (χ0n) is 10.9. The first kappa shape index (κ1) is 16.5. The van der Waals surface area contributed by atoms with Gasteiger partial charge in [-0.25, -0.2) is 22.0 Å². The van der Waals surface area contributed by atoms with Crippen LogP contribution in [-0.4, -0.2) is 12.3 Å². The van der Waals surface area contributed by atoms with Crippen molar-refractivity contribution in [2.24, 2.45) is 0 Å². The van der Waals surface area contributed by atoms with Gasteiger partial charge in [0, 0.05) is 0 Å². The van der Waals surface area contributed by atoms with Gasteiger partial charge in [-0.05, 0) is 30.2 Å². The zero-order valence-corrected chi connectivity index (χ0v) is 10.9. The average Bonchev–Trinajstić information content (AvgIpc) is 2.42. The van der Waals surface area contributed by atoms with E-state index in [1.54, 1.807) is 0 Å². The highest BCUT2D eigenvalue weighted by Crippen LogP contribution is 2.43.